The molecule has 0 aliphatic rings. The normalized spacial score (nSPS) is 11.7. The summed E-state index contributed by atoms with van der Waals surface area (Å²) in [5.74, 6) is 0. The van der Waals surface area contributed by atoms with Gasteiger partial charge in [-0.1, -0.05) is 18.2 Å². The number of alkyl halides is 3. The Labute approximate surface area is 175 Å². The van der Waals surface area contributed by atoms with Gasteiger partial charge in [-0.25, -0.2) is 0 Å². The van der Waals surface area contributed by atoms with Gasteiger partial charge < -0.3 is 4.57 Å². The van der Waals surface area contributed by atoms with Crippen LogP contribution in [0, 0.1) is 11.3 Å². The fourth-order valence-electron chi connectivity index (χ4n) is 3.94. The Balaban J connectivity index is 1.84. The number of aromatic nitrogens is 2. The van der Waals surface area contributed by atoms with Crippen LogP contribution in [-0.4, -0.2) is 9.55 Å². The number of hydrogen-bond acceptors (Lipinski definition) is 2. The Morgan fingerprint density at radius 1 is 0.774 bits per heavy atom. The molecular weight excluding hydrogens is 399 g/mol. The molecule has 0 aliphatic carbocycles. The number of hydrogen-bond donors (Lipinski definition) is 0. The van der Waals surface area contributed by atoms with Gasteiger partial charge in [-0.2, -0.15) is 18.4 Å². The average molecular weight is 413 g/mol. The van der Waals surface area contributed by atoms with Crippen LogP contribution in [0.1, 0.15) is 11.1 Å². The summed E-state index contributed by atoms with van der Waals surface area (Å²) >= 11 is 0. The molecule has 0 amide bonds. The summed E-state index contributed by atoms with van der Waals surface area (Å²) in [6, 6.07) is 22.4. The number of halogens is 3. The largest absolute Gasteiger partial charge is 0.416 e. The van der Waals surface area contributed by atoms with Crippen LogP contribution >= 0.6 is 0 Å². The van der Waals surface area contributed by atoms with Gasteiger partial charge in [0.25, 0.3) is 0 Å². The molecule has 0 spiro atoms. The first kappa shape index (κ1) is 18.9. The quantitative estimate of drug-likeness (QED) is 0.322. The Kier molecular flexibility index (Phi) is 4.26. The molecule has 0 bridgehead atoms. The highest BCUT2D eigenvalue weighted by Crippen LogP contribution is 2.37. The highest BCUT2D eigenvalue weighted by atomic mass is 19.4. The third-order valence-corrected chi connectivity index (χ3v) is 5.32. The first-order valence-electron chi connectivity index (χ1n) is 9.52. The maximum atomic E-state index is 13.3. The van der Waals surface area contributed by atoms with E-state index in [0.717, 1.165) is 28.1 Å². The number of nitriles is 1. The lowest BCUT2D eigenvalue weighted by atomic mass is 10.0. The zero-order valence-corrected chi connectivity index (χ0v) is 16.1. The van der Waals surface area contributed by atoms with Crippen LogP contribution in [0.2, 0.25) is 0 Å². The van der Waals surface area contributed by atoms with Gasteiger partial charge in [0.05, 0.1) is 28.2 Å². The zero-order valence-electron chi connectivity index (χ0n) is 16.1. The van der Waals surface area contributed by atoms with E-state index in [2.05, 4.69) is 11.1 Å². The molecule has 0 saturated heterocycles. The molecule has 0 fully saturated rings. The van der Waals surface area contributed by atoms with Gasteiger partial charge in [0.1, 0.15) is 0 Å². The first-order valence-corrected chi connectivity index (χ1v) is 9.52. The fraction of sp³-hybridized carbons (Fsp3) is 0.0400. The minimum atomic E-state index is -4.42. The van der Waals surface area contributed by atoms with Gasteiger partial charge in [-0.3, -0.25) is 4.98 Å². The van der Waals surface area contributed by atoms with Gasteiger partial charge >= 0.3 is 6.18 Å². The molecule has 5 aromatic rings. The van der Waals surface area contributed by atoms with E-state index in [0.29, 0.717) is 22.2 Å². The van der Waals surface area contributed by atoms with Gasteiger partial charge in [0.2, 0.25) is 0 Å². The van der Waals surface area contributed by atoms with Crippen molar-refractivity contribution in [3.8, 4) is 22.9 Å². The molecule has 0 saturated carbocycles. The first-order chi connectivity index (χ1) is 15.0. The van der Waals surface area contributed by atoms with Crippen LogP contribution in [0.25, 0.3) is 38.6 Å². The van der Waals surface area contributed by atoms with Crippen molar-refractivity contribution in [1.82, 2.24) is 9.55 Å². The highest BCUT2D eigenvalue weighted by Gasteiger charge is 2.31. The molecule has 31 heavy (non-hydrogen) atoms. The van der Waals surface area contributed by atoms with Crippen LogP contribution < -0.4 is 0 Å². The van der Waals surface area contributed by atoms with Crippen LogP contribution in [0.4, 0.5) is 13.2 Å². The Bertz CT molecular complexity index is 1480. The molecular formula is C25H14F3N3. The topological polar surface area (TPSA) is 41.6 Å². The van der Waals surface area contributed by atoms with E-state index < -0.39 is 11.7 Å². The lowest BCUT2D eigenvalue weighted by molar-refractivity contribution is -0.137. The van der Waals surface area contributed by atoms with E-state index in [1.54, 1.807) is 30.6 Å². The smallest absolute Gasteiger partial charge is 0.309 e. The average Bonchev–Trinajstić information content (AvgIpc) is 3.12. The van der Waals surface area contributed by atoms with Gasteiger partial charge in [-0.05, 0) is 65.7 Å². The van der Waals surface area contributed by atoms with Crippen LogP contribution in [-0.2, 0) is 6.18 Å². The van der Waals surface area contributed by atoms with E-state index in [4.69, 9.17) is 0 Å². The molecule has 3 nitrogen and oxygen atoms in total. The second-order valence-corrected chi connectivity index (χ2v) is 7.20. The van der Waals surface area contributed by atoms with Crippen molar-refractivity contribution < 1.29 is 13.2 Å². The minimum Gasteiger partial charge on any atom is -0.309 e. The summed E-state index contributed by atoms with van der Waals surface area (Å²) in [6.45, 7) is 0. The third kappa shape index (κ3) is 3.21. The molecule has 150 valence electrons. The van der Waals surface area contributed by atoms with Crippen LogP contribution in [0.3, 0.4) is 0 Å². The van der Waals surface area contributed by atoms with Crippen molar-refractivity contribution in [1.29, 1.82) is 5.26 Å². The molecule has 2 heterocycles. The summed E-state index contributed by atoms with van der Waals surface area (Å²) < 4.78 is 41.9. The van der Waals surface area contributed by atoms with Crippen molar-refractivity contribution in [3.63, 3.8) is 0 Å². The highest BCUT2D eigenvalue weighted by molar-refractivity contribution is 6.09. The molecule has 0 N–H and O–H groups in total. The van der Waals surface area contributed by atoms with E-state index in [1.807, 2.05) is 41.0 Å². The Morgan fingerprint density at radius 2 is 1.52 bits per heavy atom. The number of rotatable bonds is 2. The summed E-state index contributed by atoms with van der Waals surface area (Å²) in [5.41, 5.74) is 3.62. The lowest BCUT2D eigenvalue weighted by Crippen LogP contribution is -2.04. The molecule has 0 radical (unpaired) electrons. The molecule has 5 rings (SSSR count). The maximum Gasteiger partial charge on any atom is 0.416 e. The maximum absolute atomic E-state index is 13.3. The zero-order chi connectivity index (χ0) is 21.6. The fourth-order valence-corrected chi connectivity index (χ4v) is 3.94. The summed E-state index contributed by atoms with van der Waals surface area (Å²) in [5, 5.41) is 10.8. The lowest BCUT2D eigenvalue weighted by Gasteiger charge is -2.12. The van der Waals surface area contributed by atoms with Crippen molar-refractivity contribution in [2.24, 2.45) is 0 Å². The van der Waals surface area contributed by atoms with Crippen molar-refractivity contribution >= 4 is 21.8 Å². The monoisotopic (exact) mass is 413 g/mol. The van der Waals surface area contributed by atoms with Crippen molar-refractivity contribution in [2.75, 3.05) is 0 Å². The Hall–Kier alpha value is -4.11. The van der Waals surface area contributed by atoms with Crippen molar-refractivity contribution in [2.45, 2.75) is 6.18 Å². The molecule has 0 atom stereocenters. The van der Waals surface area contributed by atoms with Crippen molar-refractivity contribution in [3.05, 3.63) is 96.3 Å². The molecule has 0 unspecified atom stereocenters. The predicted molar refractivity (Wildman–Crippen MR) is 114 cm³/mol. The summed E-state index contributed by atoms with van der Waals surface area (Å²) in [6.07, 6.45) is -1.08. The second-order valence-electron chi connectivity index (χ2n) is 7.20. The molecule has 3 aromatic carbocycles. The number of para-hydroxylation sites is 1. The molecule has 6 heteroatoms. The number of fused-ring (bicyclic) bond motifs is 3. The van der Waals surface area contributed by atoms with E-state index in [1.165, 1.54) is 12.1 Å². The van der Waals surface area contributed by atoms with Gasteiger partial charge in [0, 0.05) is 28.9 Å². The van der Waals surface area contributed by atoms with Gasteiger partial charge in [-0.15, -0.1) is 0 Å². The second kappa shape index (κ2) is 6.99. The molecule has 2 aromatic heterocycles. The molecule has 0 aliphatic heterocycles. The summed E-state index contributed by atoms with van der Waals surface area (Å²) in [7, 11) is 0. The SMILES string of the molecule is N#Cc1cc(-c2ccncc2)cc(-n2c3ccccc3c3cc(C(F)(F)F)ccc32)c1. The summed E-state index contributed by atoms with van der Waals surface area (Å²) in [4.78, 5) is 4.03. The van der Waals surface area contributed by atoms with E-state index in [-0.39, 0.29) is 0 Å². The standard InChI is InChI=1S/C25H14F3N3/c26-25(27,28)19-5-6-24-22(14-19)21-3-1-2-4-23(21)31(24)20-12-16(15-29)11-18(13-20)17-7-9-30-10-8-17/h1-14H. The van der Waals surface area contributed by atoms with Crippen LogP contribution in [0.5, 0.6) is 0 Å². The number of benzene rings is 3. The predicted octanol–water partition coefficient (Wildman–Crippen LogP) is 6.74. The number of nitrogens with zero attached hydrogens (tertiary/aromatic N) is 3. The van der Waals surface area contributed by atoms with E-state index in [9.17, 15) is 18.4 Å². The van der Waals surface area contributed by atoms with Crippen LogP contribution in [0.15, 0.2) is 85.2 Å². The number of pyridine rings is 1. The Morgan fingerprint density at radius 3 is 2.26 bits per heavy atom. The van der Waals surface area contributed by atoms with Gasteiger partial charge in [0.15, 0.2) is 0 Å². The third-order valence-electron chi connectivity index (χ3n) is 5.32. The van der Waals surface area contributed by atoms with E-state index >= 15 is 0 Å². The minimum absolute atomic E-state index is 0.460.